The summed E-state index contributed by atoms with van der Waals surface area (Å²) in [5, 5.41) is 0. The van der Waals surface area contributed by atoms with Gasteiger partial charge >= 0.3 is 29.6 Å². The van der Waals surface area contributed by atoms with Gasteiger partial charge < -0.3 is 4.55 Å². The molecule has 116 valence electrons. The summed E-state index contributed by atoms with van der Waals surface area (Å²) >= 11 is -2.69. The van der Waals surface area contributed by atoms with Crippen LogP contribution in [0.1, 0.15) is 16.7 Å². The molecule has 0 radical (unpaired) electrons. The van der Waals surface area contributed by atoms with E-state index < -0.39 is 17.0 Å². The summed E-state index contributed by atoms with van der Waals surface area (Å²) in [6, 6.07) is 28.1. The largest absolute Gasteiger partial charge is 1.00 e. The van der Waals surface area contributed by atoms with Gasteiger partial charge in [-0.25, -0.2) is 4.21 Å². The van der Waals surface area contributed by atoms with E-state index >= 15 is 0 Å². The molecule has 0 fully saturated rings. The minimum absolute atomic E-state index is 0. The van der Waals surface area contributed by atoms with Crippen LogP contribution in [0.3, 0.4) is 0 Å². The Morgan fingerprint density at radius 1 is 0.667 bits per heavy atom. The SMILES string of the molecule is O=S([O-])OC(c1ccccc1)(c1ccccc1)c1ccccc1.[Na+]. The molecule has 3 nitrogen and oxygen atoms in total. The van der Waals surface area contributed by atoms with Crippen LogP contribution < -0.4 is 29.6 Å². The zero-order valence-electron chi connectivity index (χ0n) is 13.3. The number of hydrogen-bond acceptors (Lipinski definition) is 3. The molecule has 1 atom stereocenters. The molecule has 0 N–H and O–H groups in total. The van der Waals surface area contributed by atoms with Gasteiger partial charge in [0.2, 0.25) is 0 Å². The predicted molar refractivity (Wildman–Crippen MR) is 89.2 cm³/mol. The molecular formula is C19H15NaO3S. The van der Waals surface area contributed by atoms with Crippen molar-refractivity contribution in [2.75, 3.05) is 0 Å². The Morgan fingerprint density at radius 2 is 0.958 bits per heavy atom. The van der Waals surface area contributed by atoms with Crippen molar-refractivity contribution in [3.05, 3.63) is 108 Å². The van der Waals surface area contributed by atoms with Crippen molar-refractivity contribution in [2.45, 2.75) is 5.60 Å². The van der Waals surface area contributed by atoms with Crippen molar-refractivity contribution < 1.29 is 42.5 Å². The van der Waals surface area contributed by atoms with Gasteiger partial charge in [0.15, 0.2) is 5.60 Å². The van der Waals surface area contributed by atoms with Crippen molar-refractivity contribution in [2.24, 2.45) is 0 Å². The minimum Gasteiger partial charge on any atom is -0.750 e. The Hall–Kier alpha value is -1.27. The second-order valence-corrected chi connectivity index (χ2v) is 5.64. The zero-order chi connectivity index (χ0) is 16.1. The first-order valence-electron chi connectivity index (χ1n) is 7.19. The van der Waals surface area contributed by atoms with Crippen molar-refractivity contribution in [1.82, 2.24) is 0 Å². The third kappa shape index (κ3) is 3.86. The van der Waals surface area contributed by atoms with Crippen molar-refractivity contribution in [1.29, 1.82) is 0 Å². The van der Waals surface area contributed by atoms with E-state index in [-0.39, 0.29) is 29.6 Å². The van der Waals surface area contributed by atoms with Crippen LogP contribution in [0.4, 0.5) is 0 Å². The first kappa shape index (κ1) is 19.1. The number of rotatable bonds is 5. The quantitative estimate of drug-likeness (QED) is 0.390. The van der Waals surface area contributed by atoms with Gasteiger partial charge in [-0.15, -0.1) is 0 Å². The summed E-state index contributed by atoms with van der Waals surface area (Å²) < 4.78 is 28.5. The molecule has 3 aromatic carbocycles. The van der Waals surface area contributed by atoms with Crippen molar-refractivity contribution in [3.63, 3.8) is 0 Å². The van der Waals surface area contributed by atoms with Crippen LogP contribution in [0.2, 0.25) is 0 Å². The van der Waals surface area contributed by atoms with Crippen molar-refractivity contribution in [3.8, 4) is 0 Å². The molecule has 0 aliphatic carbocycles. The standard InChI is InChI=1S/C19H16O3S.Na/c20-23(21)22-19(16-10-4-1-5-11-16,17-12-6-2-7-13-17)18-14-8-3-9-15-18;/h1-15H,(H,20,21);/q;+1/p-1. The molecule has 3 rings (SSSR count). The van der Waals surface area contributed by atoms with Gasteiger partial charge in [0.1, 0.15) is 0 Å². The van der Waals surface area contributed by atoms with Crippen LogP contribution in [0.25, 0.3) is 0 Å². The second-order valence-electron chi connectivity index (χ2n) is 5.07. The van der Waals surface area contributed by atoms with Gasteiger partial charge in [-0.05, 0) is 16.7 Å². The third-order valence-corrected chi connectivity index (χ3v) is 4.12. The number of benzene rings is 3. The van der Waals surface area contributed by atoms with E-state index in [0.717, 1.165) is 16.7 Å². The maximum Gasteiger partial charge on any atom is 1.00 e. The molecular weight excluding hydrogens is 331 g/mol. The fourth-order valence-corrected chi connectivity index (χ4v) is 3.26. The first-order chi connectivity index (χ1) is 11.2. The van der Waals surface area contributed by atoms with E-state index in [1.54, 1.807) is 0 Å². The first-order valence-corrected chi connectivity index (χ1v) is 8.19. The molecule has 0 bridgehead atoms. The van der Waals surface area contributed by atoms with Gasteiger partial charge in [-0.2, -0.15) is 0 Å². The average molecular weight is 346 g/mol. The molecule has 0 heterocycles. The Morgan fingerprint density at radius 3 is 1.21 bits per heavy atom. The molecule has 0 amide bonds. The summed E-state index contributed by atoms with van der Waals surface area (Å²) in [5.74, 6) is 0. The summed E-state index contributed by atoms with van der Waals surface area (Å²) in [4.78, 5) is 0. The van der Waals surface area contributed by atoms with Crippen LogP contribution in [-0.2, 0) is 21.1 Å². The van der Waals surface area contributed by atoms with E-state index in [2.05, 4.69) is 0 Å². The Bertz CT molecular complexity index is 683. The normalized spacial score (nSPS) is 12.2. The monoisotopic (exact) mass is 346 g/mol. The van der Waals surface area contributed by atoms with Gasteiger partial charge in [-0.3, -0.25) is 4.18 Å². The Labute approximate surface area is 166 Å². The van der Waals surface area contributed by atoms with E-state index in [1.807, 2.05) is 91.0 Å². The van der Waals surface area contributed by atoms with Gasteiger partial charge in [-0.1, -0.05) is 91.0 Å². The second kappa shape index (κ2) is 8.72. The summed E-state index contributed by atoms with van der Waals surface area (Å²) in [6.07, 6.45) is 0. The maximum absolute atomic E-state index is 11.5. The molecule has 3 aromatic rings. The van der Waals surface area contributed by atoms with Crippen LogP contribution in [-0.4, -0.2) is 8.76 Å². The topological polar surface area (TPSA) is 49.4 Å². The van der Waals surface area contributed by atoms with E-state index in [4.69, 9.17) is 4.18 Å². The van der Waals surface area contributed by atoms with Crippen LogP contribution in [0.15, 0.2) is 91.0 Å². The third-order valence-electron chi connectivity index (χ3n) is 3.73. The minimum atomic E-state index is -2.69. The van der Waals surface area contributed by atoms with Crippen LogP contribution in [0.5, 0.6) is 0 Å². The Kier molecular flexibility index (Phi) is 6.92. The van der Waals surface area contributed by atoms with Crippen LogP contribution in [0, 0.1) is 0 Å². The van der Waals surface area contributed by atoms with Crippen molar-refractivity contribution >= 4 is 11.4 Å². The smallest absolute Gasteiger partial charge is 0.750 e. The fraction of sp³-hybridized carbons (Fsp3) is 0.0526. The van der Waals surface area contributed by atoms with E-state index in [0.29, 0.717) is 0 Å². The Balaban J connectivity index is 0.00000208. The molecule has 1 unspecified atom stereocenters. The van der Waals surface area contributed by atoms with E-state index in [9.17, 15) is 8.76 Å². The van der Waals surface area contributed by atoms with E-state index in [1.165, 1.54) is 0 Å². The molecule has 0 saturated carbocycles. The molecule has 24 heavy (non-hydrogen) atoms. The van der Waals surface area contributed by atoms with Gasteiger partial charge in [0.05, 0.1) is 11.4 Å². The van der Waals surface area contributed by atoms with Gasteiger partial charge in [0, 0.05) is 0 Å². The number of hydrogen-bond donors (Lipinski definition) is 0. The molecule has 0 aliphatic rings. The average Bonchev–Trinajstić information content (AvgIpc) is 2.62. The molecule has 5 heteroatoms. The van der Waals surface area contributed by atoms with Crippen LogP contribution >= 0.6 is 0 Å². The fourth-order valence-electron chi connectivity index (χ4n) is 2.76. The predicted octanol–water partition coefficient (Wildman–Crippen LogP) is 0.793. The molecule has 0 aromatic heterocycles. The molecule has 0 saturated heterocycles. The van der Waals surface area contributed by atoms with Gasteiger partial charge in [0.25, 0.3) is 0 Å². The summed E-state index contributed by atoms with van der Waals surface area (Å²) in [5.41, 5.74) is 1.04. The molecule has 0 spiro atoms. The summed E-state index contributed by atoms with van der Waals surface area (Å²) in [6.45, 7) is 0. The maximum atomic E-state index is 11.5. The summed E-state index contributed by atoms with van der Waals surface area (Å²) in [7, 11) is 0. The molecule has 0 aliphatic heterocycles. The zero-order valence-corrected chi connectivity index (χ0v) is 16.1.